The van der Waals surface area contributed by atoms with Crippen LogP contribution in [0, 0.1) is 0 Å². The van der Waals surface area contributed by atoms with Crippen LogP contribution in [-0.2, 0) is 9.53 Å². The molecule has 0 aromatic heterocycles. The van der Waals surface area contributed by atoms with Crippen LogP contribution in [0.4, 0.5) is 0 Å². The summed E-state index contributed by atoms with van der Waals surface area (Å²) in [5.41, 5.74) is 0.724. The van der Waals surface area contributed by atoms with Crippen LogP contribution in [0.1, 0.15) is 19.3 Å². The van der Waals surface area contributed by atoms with Crippen LogP contribution >= 0.6 is 12.6 Å². The molecular formula is C8H12O2S. The van der Waals surface area contributed by atoms with Gasteiger partial charge in [0.1, 0.15) is 0 Å². The third-order valence-corrected chi connectivity index (χ3v) is 2.36. The van der Waals surface area contributed by atoms with E-state index in [9.17, 15) is 4.79 Å². The summed E-state index contributed by atoms with van der Waals surface area (Å²) in [6.45, 7) is 0. The van der Waals surface area contributed by atoms with Crippen LogP contribution < -0.4 is 0 Å². The first-order valence-corrected chi connectivity index (χ1v) is 4.23. The summed E-state index contributed by atoms with van der Waals surface area (Å²) in [7, 11) is 1.40. The van der Waals surface area contributed by atoms with E-state index in [0.29, 0.717) is 0 Å². The maximum atomic E-state index is 11.0. The van der Waals surface area contributed by atoms with Gasteiger partial charge in [0.25, 0.3) is 0 Å². The van der Waals surface area contributed by atoms with E-state index in [4.69, 9.17) is 0 Å². The topological polar surface area (TPSA) is 26.3 Å². The minimum absolute atomic E-state index is 0.0798. The summed E-state index contributed by atoms with van der Waals surface area (Å²) in [6, 6.07) is 0. The van der Waals surface area contributed by atoms with Gasteiger partial charge >= 0.3 is 5.97 Å². The van der Waals surface area contributed by atoms with Gasteiger partial charge in [-0.2, -0.15) is 12.6 Å². The van der Waals surface area contributed by atoms with Gasteiger partial charge in [0.05, 0.1) is 7.11 Å². The standard InChI is InChI=1S/C8H12O2S/c1-10-8(9)6-4-2-3-5-7(6)11/h4,7,11H,2-3,5H2,1H3. The number of rotatable bonds is 1. The number of carbonyl (C=O) groups is 1. The van der Waals surface area contributed by atoms with Gasteiger partial charge in [-0.3, -0.25) is 0 Å². The molecule has 11 heavy (non-hydrogen) atoms. The average molecular weight is 172 g/mol. The molecule has 1 unspecified atom stereocenters. The fourth-order valence-electron chi connectivity index (χ4n) is 1.20. The molecule has 3 heteroatoms. The number of hydrogen-bond donors (Lipinski definition) is 1. The molecular weight excluding hydrogens is 160 g/mol. The first kappa shape index (κ1) is 8.65. The van der Waals surface area contributed by atoms with E-state index in [1.54, 1.807) is 0 Å². The summed E-state index contributed by atoms with van der Waals surface area (Å²) >= 11 is 4.28. The summed E-state index contributed by atoms with van der Waals surface area (Å²) in [5.74, 6) is -0.232. The first-order valence-electron chi connectivity index (χ1n) is 3.72. The second-order valence-electron chi connectivity index (χ2n) is 2.60. The fraction of sp³-hybridized carbons (Fsp3) is 0.625. The van der Waals surface area contributed by atoms with Crippen LogP contribution in [-0.4, -0.2) is 18.3 Å². The molecule has 0 aromatic rings. The largest absolute Gasteiger partial charge is 0.466 e. The minimum atomic E-state index is -0.232. The molecule has 0 saturated heterocycles. The molecule has 1 atom stereocenters. The lowest BCUT2D eigenvalue weighted by Crippen LogP contribution is -2.17. The Morgan fingerprint density at radius 2 is 2.55 bits per heavy atom. The molecule has 0 saturated carbocycles. The fourth-order valence-corrected chi connectivity index (χ4v) is 1.59. The zero-order valence-corrected chi connectivity index (χ0v) is 7.43. The van der Waals surface area contributed by atoms with Crippen molar-refractivity contribution < 1.29 is 9.53 Å². The number of esters is 1. The third-order valence-electron chi connectivity index (χ3n) is 1.83. The molecule has 0 N–H and O–H groups in total. The zero-order valence-electron chi connectivity index (χ0n) is 6.54. The molecule has 0 fully saturated rings. The van der Waals surface area contributed by atoms with E-state index in [1.165, 1.54) is 7.11 Å². The average Bonchev–Trinajstić information content (AvgIpc) is 2.04. The van der Waals surface area contributed by atoms with Gasteiger partial charge in [-0.1, -0.05) is 6.08 Å². The molecule has 0 amide bonds. The molecule has 0 heterocycles. The van der Waals surface area contributed by atoms with Crippen molar-refractivity contribution in [3.05, 3.63) is 11.6 Å². The monoisotopic (exact) mass is 172 g/mol. The molecule has 0 radical (unpaired) electrons. The SMILES string of the molecule is COC(=O)C1=CCCCC1S. The van der Waals surface area contributed by atoms with E-state index in [2.05, 4.69) is 17.4 Å². The van der Waals surface area contributed by atoms with E-state index >= 15 is 0 Å². The number of ether oxygens (including phenoxy) is 1. The Morgan fingerprint density at radius 3 is 3.09 bits per heavy atom. The van der Waals surface area contributed by atoms with Crippen molar-refractivity contribution >= 4 is 18.6 Å². The van der Waals surface area contributed by atoms with Crippen LogP contribution in [0.15, 0.2) is 11.6 Å². The highest BCUT2D eigenvalue weighted by atomic mass is 32.1. The predicted molar refractivity (Wildman–Crippen MR) is 46.7 cm³/mol. The highest BCUT2D eigenvalue weighted by molar-refractivity contribution is 7.81. The zero-order chi connectivity index (χ0) is 8.27. The molecule has 62 valence electrons. The van der Waals surface area contributed by atoms with Gasteiger partial charge in [0.2, 0.25) is 0 Å². The van der Waals surface area contributed by atoms with Crippen LogP contribution in [0.2, 0.25) is 0 Å². The molecule has 2 nitrogen and oxygen atoms in total. The van der Waals surface area contributed by atoms with Gasteiger partial charge < -0.3 is 4.74 Å². The smallest absolute Gasteiger partial charge is 0.334 e. The van der Waals surface area contributed by atoms with Crippen LogP contribution in [0.3, 0.4) is 0 Å². The lowest BCUT2D eigenvalue weighted by molar-refractivity contribution is -0.136. The second-order valence-corrected chi connectivity index (χ2v) is 3.22. The first-order chi connectivity index (χ1) is 5.25. The van der Waals surface area contributed by atoms with E-state index in [0.717, 1.165) is 24.8 Å². The predicted octanol–water partition coefficient (Wildman–Crippen LogP) is 1.57. The van der Waals surface area contributed by atoms with Gasteiger partial charge in [-0.25, -0.2) is 4.79 Å². The second kappa shape index (κ2) is 3.81. The van der Waals surface area contributed by atoms with Crippen LogP contribution in [0.5, 0.6) is 0 Å². The van der Waals surface area contributed by atoms with Gasteiger partial charge in [-0.15, -0.1) is 0 Å². The highest BCUT2D eigenvalue weighted by Crippen LogP contribution is 2.23. The third kappa shape index (κ3) is 1.99. The number of methoxy groups -OCH3 is 1. The minimum Gasteiger partial charge on any atom is -0.466 e. The molecule has 1 rings (SSSR count). The van der Waals surface area contributed by atoms with Crippen molar-refractivity contribution in [2.24, 2.45) is 0 Å². The molecule has 0 bridgehead atoms. The van der Waals surface area contributed by atoms with E-state index in [-0.39, 0.29) is 11.2 Å². The Hall–Kier alpha value is -0.440. The highest BCUT2D eigenvalue weighted by Gasteiger charge is 2.20. The Kier molecular flexibility index (Phi) is 3.00. The van der Waals surface area contributed by atoms with Crippen molar-refractivity contribution in [3.63, 3.8) is 0 Å². The molecule has 1 aliphatic carbocycles. The molecule has 0 aliphatic heterocycles. The maximum Gasteiger partial charge on any atom is 0.334 e. The molecule has 0 spiro atoms. The molecule has 0 aromatic carbocycles. The Morgan fingerprint density at radius 1 is 1.82 bits per heavy atom. The lowest BCUT2D eigenvalue weighted by Gasteiger charge is -2.16. The van der Waals surface area contributed by atoms with Gasteiger partial charge in [0.15, 0.2) is 0 Å². The number of allylic oxidation sites excluding steroid dienone is 1. The summed E-state index contributed by atoms with van der Waals surface area (Å²) < 4.78 is 4.60. The normalized spacial score (nSPS) is 24.2. The Balaban J connectivity index is 2.67. The van der Waals surface area contributed by atoms with Crippen molar-refractivity contribution in [1.82, 2.24) is 0 Å². The Bertz CT molecular complexity index is 187. The van der Waals surface area contributed by atoms with E-state index in [1.807, 2.05) is 6.08 Å². The summed E-state index contributed by atoms with van der Waals surface area (Å²) in [6.07, 6.45) is 4.99. The van der Waals surface area contributed by atoms with Crippen molar-refractivity contribution in [2.75, 3.05) is 7.11 Å². The number of carbonyl (C=O) groups excluding carboxylic acids is 1. The Labute approximate surface area is 72.0 Å². The molecule has 1 aliphatic rings. The van der Waals surface area contributed by atoms with Gasteiger partial charge in [-0.05, 0) is 19.3 Å². The summed E-state index contributed by atoms with van der Waals surface area (Å²) in [4.78, 5) is 11.0. The van der Waals surface area contributed by atoms with E-state index < -0.39 is 0 Å². The summed E-state index contributed by atoms with van der Waals surface area (Å²) in [5, 5.41) is 0.0798. The van der Waals surface area contributed by atoms with Crippen molar-refractivity contribution in [2.45, 2.75) is 24.5 Å². The van der Waals surface area contributed by atoms with Crippen molar-refractivity contribution in [1.29, 1.82) is 0 Å². The lowest BCUT2D eigenvalue weighted by atomic mass is 9.99. The van der Waals surface area contributed by atoms with Gasteiger partial charge in [0, 0.05) is 10.8 Å². The van der Waals surface area contributed by atoms with Crippen molar-refractivity contribution in [3.8, 4) is 0 Å². The quantitative estimate of drug-likeness (QED) is 0.480. The number of thiol groups is 1. The maximum absolute atomic E-state index is 11.0. The number of hydrogen-bond acceptors (Lipinski definition) is 3. The van der Waals surface area contributed by atoms with Crippen LogP contribution in [0.25, 0.3) is 0 Å².